The molecule has 3 nitrogen and oxygen atoms in total. The van der Waals surface area contributed by atoms with Crippen molar-refractivity contribution in [2.24, 2.45) is 7.05 Å². The lowest BCUT2D eigenvalue weighted by Gasteiger charge is -2.42. The monoisotopic (exact) mass is 452 g/mol. The van der Waals surface area contributed by atoms with E-state index in [9.17, 15) is 0 Å². The van der Waals surface area contributed by atoms with Gasteiger partial charge in [0.2, 0.25) is 0 Å². The van der Waals surface area contributed by atoms with Crippen LogP contribution in [0.15, 0.2) is 53.1 Å². The van der Waals surface area contributed by atoms with E-state index < -0.39 is 6.85 Å². The Morgan fingerprint density at radius 3 is 2.41 bits per heavy atom. The Hall–Kier alpha value is -3.20. The summed E-state index contributed by atoms with van der Waals surface area (Å²) in [4.78, 5) is 4.61. The zero-order valence-corrected chi connectivity index (χ0v) is 20.8. The van der Waals surface area contributed by atoms with Gasteiger partial charge in [-0.3, -0.25) is 0 Å². The van der Waals surface area contributed by atoms with Crippen LogP contribution in [0.4, 0.5) is 0 Å². The van der Waals surface area contributed by atoms with Gasteiger partial charge in [-0.1, -0.05) is 58.0 Å². The molecule has 0 radical (unpaired) electrons. The van der Waals surface area contributed by atoms with Crippen LogP contribution in [0.1, 0.15) is 67.0 Å². The Balaban J connectivity index is 1.75. The molecular formula is C31H33N2O+. The molecule has 0 atom stereocenters. The lowest BCUT2D eigenvalue weighted by Crippen LogP contribution is -2.34. The molecule has 0 saturated heterocycles. The molecular weight excluding hydrogens is 416 g/mol. The topological polar surface area (TPSA) is 29.9 Å². The van der Waals surface area contributed by atoms with Gasteiger partial charge in [0, 0.05) is 33.2 Å². The van der Waals surface area contributed by atoms with E-state index in [0.29, 0.717) is 5.82 Å². The number of hydrogen-bond acceptors (Lipinski definition) is 2. The van der Waals surface area contributed by atoms with Crippen molar-refractivity contribution in [1.82, 2.24) is 4.98 Å². The van der Waals surface area contributed by atoms with Gasteiger partial charge in [0.1, 0.15) is 11.1 Å². The second-order valence-corrected chi connectivity index (χ2v) is 11.3. The van der Waals surface area contributed by atoms with Crippen LogP contribution in [0.25, 0.3) is 44.1 Å². The predicted molar refractivity (Wildman–Crippen MR) is 140 cm³/mol. The quantitative estimate of drug-likeness (QED) is 0.245. The van der Waals surface area contributed by atoms with E-state index in [1.807, 2.05) is 18.5 Å². The SMILES string of the molecule is [2H]C([2H])([2H])c1cc[n+](C)c(-c2c(C)ccc3c2oc2c3ccc3ccc4c(c32)C(C)(C)CCC4(C)C)n1. The average molecular weight is 453 g/mol. The summed E-state index contributed by atoms with van der Waals surface area (Å²) in [5.41, 5.74) is 6.47. The van der Waals surface area contributed by atoms with E-state index in [1.165, 1.54) is 21.9 Å². The van der Waals surface area contributed by atoms with E-state index in [2.05, 4.69) is 69.1 Å². The first-order valence-corrected chi connectivity index (χ1v) is 12.1. The number of benzene rings is 3. The third-order valence-electron chi connectivity index (χ3n) is 8.02. The highest BCUT2D eigenvalue weighted by atomic mass is 16.3. The minimum atomic E-state index is -2.29. The summed E-state index contributed by atoms with van der Waals surface area (Å²) < 4.78 is 32.4. The van der Waals surface area contributed by atoms with Crippen molar-refractivity contribution in [1.29, 1.82) is 0 Å². The van der Waals surface area contributed by atoms with E-state index >= 15 is 0 Å². The molecule has 0 amide bonds. The van der Waals surface area contributed by atoms with Crippen LogP contribution in [0, 0.1) is 13.8 Å². The highest BCUT2D eigenvalue weighted by molar-refractivity contribution is 6.18. The Kier molecular flexibility index (Phi) is 3.69. The molecule has 0 N–H and O–H groups in total. The number of furan rings is 1. The third-order valence-corrected chi connectivity index (χ3v) is 8.02. The van der Waals surface area contributed by atoms with Gasteiger partial charge in [-0.2, -0.15) is 0 Å². The summed E-state index contributed by atoms with van der Waals surface area (Å²) in [6.45, 7) is 9.13. The third kappa shape index (κ3) is 2.89. The molecule has 0 saturated carbocycles. The first kappa shape index (κ1) is 18.2. The Bertz CT molecular complexity index is 1740. The van der Waals surface area contributed by atoms with Crippen molar-refractivity contribution in [3.63, 3.8) is 0 Å². The molecule has 0 spiro atoms. The molecule has 34 heavy (non-hydrogen) atoms. The van der Waals surface area contributed by atoms with Crippen LogP contribution in [0.5, 0.6) is 0 Å². The van der Waals surface area contributed by atoms with E-state index in [0.717, 1.165) is 45.9 Å². The zero-order valence-electron chi connectivity index (χ0n) is 23.8. The van der Waals surface area contributed by atoms with Crippen molar-refractivity contribution in [2.75, 3.05) is 0 Å². The number of fused-ring (bicyclic) bond motifs is 7. The number of aryl methyl sites for hydroxylation is 3. The normalized spacial score (nSPS) is 18.6. The highest BCUT2D eigenvalue weighted by Gasteiger charge is 2.39. The Morgan fingerprint density at radius 2 is 1.62 bits per heavy atom. The van der Waals surface area contributed by atoms with Gasteiger partial charge in [0.25, 0.3) is 0 Å². The van der Waals surface area contributed by atoms with Crippen molar-refractivity contribution in [3.8, 4) is 11.4 Å². The van der Waals surface area contributed by atoms with Crippen LogP contribution in [-0.2, 0) is 17.9 Å². The molecule has 0 fully saturated rings. The molecule has 6 rings (SSSR count). The maximum Gasteiger partial charge on any atom is 0.334 e. The standard InChI is InChI=1S/C31H33N2O/c1-18-8-11-21-22-12-9-20-10-13-23-26(31(5,6)16-15-30(23,3)4)25(20)28(22)34-27(21)24(18)29-32-19(2)14-17-33(29)7/h8-14,17H,15-16H2,1-7H3/q+1/i2D3. The summed E-state index contributed by atoms with van der Waals surface area (Å²) in [5, 5.41) is 4.47. The second-order valence-electron chi connectivity index (χ2n) is 11.3. The second kappa shape index (κ2) is 6.91. The Morgan fingerprint density at radius 1 is 0.912 bits per heavy atom. The lowest BCUT2D eigenvalue weighted by molar-refractivity contribution is -0.663. The molecule has 2 heterocycles. The maximum absolute atomic E-state index is 7.89. The number of hydrogen-bond donors (Lipinski definition) is 0. The lowest BCUT2D eigenvalue weighted by atomic mass is 9.62. The highest BCUT2D eigenvalue weighted by Crippen LogP contribution is 2.50. The van der Waals surface area contributed by atoms with Gasteiger partial charge < -0.3 is 4.42 Å². The molecule has 1 aliphatic rings. The molecule has 172 valence electrons. The fourth-order valence-corrected chi connectivity index (χ4v) is 5.95. The first-order valence-electron chi connectivity index (χ1n) is 13.6. The number of nitrogens with zero attached hydrogens (tertiary/aromatic N) is 2. The summed E-state index contributed by atoms with van der Waals surface area (Å²) in [7, 11) is 1.89. The predicted octanol–water partition coefficient (Wildman–Crippen LogP) is 7.59. The van der Waals surface area contributed by atoms with E-state index in [1.54, 1.807) is 12.3 Å². The summed E-state index contributed by atoms with van der Waals surface area (Å²) in [5.74, 6) is 0.587. The molecule has 2 aromatic heterocycles. The van der Waals surface area contributed by atoms with Crippen LogP contribution in [0.2, 0.25) is 0 Å². The number of aromatic nitrogens is 2. The summed E-state index contributed by atoms with van der Waals surface area (Å²) >= 11 is 0. The average Bonchev–Trinajstić information content (AvgIpc) is 3.20. The summed E-state index contributed by atoms with van der Waals surface area (Å²) in [6.07, 6.45) is 4.04. The number of rotatable bonds is 1. The molecule has 3 aromatic carbocycles. The fourth-order valence-electron chi connectivity index (χ4n) is 5.95. The largest absolute Gasteiger partial charge is 0.454 e. The van der Waals surface area contributed by atoms with Gasteiger partial charge in [-0.15, -0.1) is 0 Å². The van der Waals surface area contributed by atoms with Crippen LogP contribution in [-0.4, -0.2) is 4.98 Å². The van der Waals surface area contributed by atoms with Gasteiger partial charge in [-0.05, 0) is 63.7 Å². The Labute approximate surface area is 205 Å². The smallest absolute Gasteiger partial charge is 0.334 e. The van der Waals surface area contributed by atoms with Gasteiger partial charge >= 0.3 is 5.82 Å². The molecule has 0 bridgehead atoms. The summed E-state index contributed by atoms with van der Waals surface area (Å²) in [6, 6.07) is 14.7. The molecule has 0 aliphatic heterocycles. The zero-order chi connectivity index (χ0) is 26.5. The molecule has 5 aromatic rings. The fraction of sp³-hybridized carbons (Fsp3) is 0.355. The van der Waals surface area contributed by atoms with Crippen LogP contribution in [0.3, 0.4) is 0 Å². The van der Waals surface area contributed by atoms with Crippen molar-refractivity contribution < 1.29 is 13.1 Å². The molecule has 0 unspecified atom stereocenters. The molecule has 3 heteroatoms. The van der Waals surface area contributed by atoms with Crippen LogP contribution < -0.4 is 4.57 Å². The molecule has 1 aliphatic carbocycles. The van der Waals surface area contributed by atoms with Gasteiger partial charge in [0.05, 0.1) is 13.2 Å². The first-order chi connectivity index (χ1) is 17.3. The maximum atomic E-state index is 7.89. The van der Waals surface area contributed by atoms with Crippen molar-refractivity contribution in [2.45, 2.75) is 65.1 Å². The van der Waals surface area contributed by atoms with Crippen molar-refractivity contribution in [3.05, 3.63) is 71.0 Å². The van der Waals surface area contributed by atoms with E-state index in [-0.39, 0.29) is 16.5 Å². The van der Waals surface area contributed by atoms with Crippen LogP contribution >= 0.6 is 0 Å². The van der Waals surface area contributed by atoms with Crippen molar-refractivity contribution >= 4 is 32.7 Å². The van der Waals surface area contributed by atoms with Gasteiger partial charge in [0.15, 0.2) is 11.3 Å². The van der Waals surface area contributed by atoms with Gasteiger partial charge in [-0.25, -0.2) is 4.57 Å². The minimum Gasteiger partial charge on any atom is -0.454 e. The minimum absolute atomic E-state index is 0.0262. The van der Waals surface area contributed by atoms with E-state index in [4.69, 9.17) is 8.53 Å².